The molecule has 0 bridgehead atoms. The van der Waals surface area contributed by atoms with Gasteiger partial charge in [-0.3, -0.25) is 0 Å². The lowest BCUT2D eigenvalue weighted by atomic mass is 9.92. The molecule has 2 atom stereocenters. The van der Waals surface area contributed by atoms with Crippen LogP contribution in [0.3, 0.4) is 0 Å². The summed E-state index contributed by atoms with van der Waals surface area (Å²) < 4.78 is 0. The molecule has 16 heavy (non-hydrogen) atoms. The second kappa shape index (κ2) is 4.81. The van der Waals surface area contributed by atoms with Crippen molar-refractivity contribution in [1.82, 2.24) is 0 Å². The normalized spacial score (nSPS) is 14.7. The van der Waals surface area contributed by atoms with E-state index in [-0.39, 0.29) is 6.04 Å². The van der Waals surface area contributed by atoms with Crippen molar-refractivity contribution in [2.24, 2.45) is 5.73 Å². The molecule has 2 unspecified atom stereocenters. The molecule has 2 rings (SSSR count). The molecule has 2 aromatic rings. The van der Waals surface area contributed by atoms with Crippen molar-refractivity contribution in [3.63, 3.8) is 0 Å². The highest BCUT2D eigenvalue weighted by Crippen LogP contribution is 2.33. The van der Waals surface area contributed by atoms with Gasteiger partial charge in [-0.05, 0) is 29.5 Å². The predicted molar refractivity (Wildman–Crippen MR) is 70.8 cm³/mol. The average Bonchev–Trinajstić information content (AvgIpc) is 2.75. The van der Waals surface area contributed by atoms with Crippen molar-refractivity contribution in [1.29, 1.82) is 0 Å². The van der Waals surface area contributed by atoms with Crippen molar-refractivity contribution < 1.29 is 0 Å². The summed E-state index contributed by atoms with van der Waals surface area (Å²) >= 11 is 1.76. The van der Waals surface area contributed by atoms with Crippen molar-refractivity contribution in [2.75, 3.05) is 0 Å². The molecule has 0 aliphatic heterocycles. The SMILES string of the molecule is Cc1ccsc1C(N)C(C)c1ccccc1. The smallest absolute Gasteiger partial charge is 0.0459 e. The van der Waals surface area contributed by atoms with Crippen LogP contribution in [0, 0.1) is 6.92 Å². The van der Waals surface area contributed by atoms with Gasteiger partial charge in [0, 0.05) is 16.8 Å². The predicted octanol–water partition coefficient (Wildman–Crippen LogP) is 3.86. The molecular formula is C14H17NS. The van der Waals surface area contributed by atoms with Crippen LogP contribution in [-0.2, 0) is 0 Å². The maximum atomic E-state index is 6.33. The lowest BCUT2D eigenvalue weighted by Crippen LogP contribution is -2.17. The van der Waals surface area contributed by atoms with Crippen molar-refractivity contribution in [2.45, 2.75) is 25.8 Å². The van der Waals surface area contributed by atoms with Gasteiger partial charge in [-0.15, -0.1) is 11.3 Å². The molecule has 1 heterocycles. The summed E-state index contributed by atoms with van der Waals surface area (Å²) in [6.45, 7) is 4.32. The Bertz CT molecular complexity index is 447. The quantitative estimate of drug-likeness (QED) is 0.853. The first-order chi connectivity index (χ1) is 7.70. The van der Waals surface area contributed by atoms with Gasteiger partial charge < -0.3 is 5.73 Å². The minimum atomic E-state index is 0.0994. The van der Waals surface area contributed by atoms with Crippen LogP contribution in [0.4, 0.5) is 0 Å². The molecule has 0 amide bonds. The van der Waals surface area contributed by atoms with Crippen LogP contribution in [0.25, 0.3) is 0 Å². The number of nitrogens with two attached hydrogens (primary N) is 1. The van der Waals surface area contributed by atoms with Gasteiger partial charge in [0.1, 0.15) is 0 Å². The van der Waals surface area contributed by atoms with Gasteiger partial charge in [-0.2, -0.15) is 0 Å². The van der Waals surface area contributed by atoms with Gasteiger partial charge in [-0.25, -0.2) is 0 Å². The standard InChI is InChI=1S/C14H17NS/c1-10-8-9-16-14(10)13(15)11(2)12-6-4-3-5-7-12/h3-9,11,13H,15H2,1-2H3. The molecule has 0 spiro atoms. The molecule has 1 nitrogen and oxygen atoms in total. The Kier molecular flexibility index (Phi) is 3.42. The maximum absolute atomic E-state index is 6.33. The Morgan fingerprint density at radius 2 is 1.81 bits per heavy atom. The summed E-state index contributed by atoms with van der Waals surface area (Å²) in [5, 5.41) is 2.11. The van der Waals surface area contributed by atoms with Crippen molar-refractivity contribution in [3.05, 3.63) is 57.8 Å². The van der Waals surface area contributed by atoms with Crippen LogP contribution in [0.2, 0.25) is 0 Å². The average molecular weight is 231 g/mol. The van der Waals surface area contributed by atoms with Gasteiger partial charge in [0.15, 0.2) is 0 Å². The monoisotopic (exact) mass is 231 g/mol. The number of aryl methyl sites for hydroxylation is 1. The Morgan fingerprint density at radius 1 is 1.12 bits per heavy atom. The molecule has 2 heteroatoms. The fourth-order valence-electron chi connectivity index (χ4n) is 1.92. The van der Waals surface area contributed by atoms with E-state index in [0.29, 0.717) is 5.92 Å². The van der Waals surface area contributed by atoms with E-state index in [0.717, 1.165) is 0 Å². The molecule has 0 fully saturated rings. The number of hydrogen-bond acceptors (Lipinski definition) is 2. The van der Waals surface area contributed by atoms with E-state index < -0.39 is 0 Å². The molecule has 1 aromatic heterocycles. The van der Waals surface area contributed by atoms with E-state index in [9.17, 15) is 0 Å². The summed E-state index contributed by atoms with van der Waals surface area (Å²) in [5.41, 5.74) is 8.94. The number of benzene rings is 1. The third-order valence-corrected chi connectivity index (χ3v) is 4.19. The highest BCUT2D eigenvalue weighted by molar-refractivity contribution is 7.10. The van der Waals surface area contributed by atoms with Crippen molar-refractivity contribution >= 4 is 11.3 Å². The molecule has 84 valence electrons. The Labute approximate surface area is 101 Å². The Balaban J connectivity index is 2.23. The van der Waals surface area contributed by atoms with Gasteiger partial charge in [0.05, 0.1) is 0 Å². The lowest BCUT2D eigenvalue weighted by molar-refractivity contribution is 0.605. The summed E-state index contributed by atoms with van der Waals surface area (Å²) in [6, 6.07) is 12.7. The zero-order valence-corrected chi connectivity index (χ0v) is 10.5. The molecule has 0 radical (unpaired) electrons. The first-order valence-electron chi connectivity index (χ1n) is 5.54. The third-order valence-electron chi connectivity index (χ3n) is 3.07. The first-order valence-corrected chi connectivity index (χ1v) is 6.42. The van der Waals surface area contributed by atoms with Crippen molar-refractivity contribution in [3.8, 4) is 0 Å². The molecule has 0 aliphatic rings. The zero-order chi connectivity index (χ0) is 11.5. The number of hydrogen-bond donors (Lipinski definition) is 1. The lowest BCUT2D eigenvalue weighted by Gasteiger charge is -2.20. The van der Waals surface area contributed by atoms with Crippen LogP contribution in [0.15, 0.2) is 41.8 Å². The molecule has 1 aromatic carbocycles. The molecule has 0 saturated carbocycles. The van der Waals surface area contributed by atoms with Gasteiger partial charge in [0.25, 0.3) is 0 Å². The molecule has 0 aliphatic carbocycles. The molecular weight excluding hydrogens is 214 g/mol. The van der Waals surface area contributed by atoms with Gasteiger partial charge in [-0.1, -0.05) is 37.3 Å². The van der Waals surface area contributed by atoms with Gasteiger partial charge in [0.2, 0.25) is 0 Å². The minimum absolute atomic E-state index is 0.0994. The van der Waals surface area contributed by atoms with E-state index in [1.165, 1.54) is 16.0 Å². The maximum Gasteiger partial charge on any atom is 0.0459 e. The zero-order valence-electron chi connectivity index (χ0n) is 9.68. The highest BCUT2D eigenvalue weighted by Gasteiger charge is 2.18. The fraction of sp³-hybridized carbons (Fsp3) is 0.286. The number of thiophene rings is 1. The van der Waals surface area contributed by atoms with E-state index >= 15 is 0 Å². The third kappa shape index (κ3) is 2.18. The highest BCUT2D eigenvalue weighted by atomic mass is 32.1. The largest absolute Gasteiger partial charge is 0.323 e. The minimum Gasteiger partial charge on any atom is -0.323 e. The van der Waals surface area contributed by atoms with Gasteiger partial charge >= 0.3 is 0 Å². The molecule has 0 saturated heterocycles. The summed E-state index contributed by atoms with van der Waals surface area (Å²) in [4.78, 5) is 1.30. The number of rotatable bonds is 3. The Morgan fingerprint density at radius 3 is 2.38 bits per heavy atom. The van der Waals surface area contributed by atoms with Crippen LogP contribution in [0.5, 0.6) is 0 Å². The van der Waals surface area contributed by atoms with Crippen LogP contribution < -0.4 is 5.73 Å². The van der Waals surface area contributed by atoms with Crippen LogP contribution >= 0.6 is 11.3 Å². The van der Waals surface area contributed by atoms with E-state index in [1.54, 1.807) is 11.3 Å². The summed E-state index contributed by atoms with van der Waals surface area (Å²) in [7, 11) is 0. The van der Waals surface area contributed by atoms with E-state index in [2.05, 4.69) is 49.6 Å². The Hall–Kier alpha value is -1.12. The summed E-state index contributed by atoms with van der Waals surface area (Å²) in [6.07, 6.45) is 0. The second-order valence-corrected chi connectivity index (χ2v) is 5.14. The molecule has 2 N–H and O–H groups in total. The van der Waals surface area contributed by atoms with E-state index in [1.807, 2.05) is 6.07 Å². The first kappa shape index (κ1) is 11.4. The van der Waals surface area contributed by atoms with Crippen LogP contribution in [-0.4, -0.2) is 0 Å². The van der Waals surface area contributed by atoms with E-state index in [4.69, 9.17) is 5.73 Å². The second-order valence-electron chi connectivity index (χ2n) is 4.19. The van der Waals surface area contributed by atoms with Crippen LogP contribution in [0.1, 0.15) is 34.9 Å². The fourth-order valence-corrected chi connectivity index (χ4v) is 2.95. The topological polar surface area (TPSA) is 26.0 Å². The summed E-state index contributed by atoms with van der Waals surface area (Å²) in [5.74, 6) is 0.360.